The average molecular weight is 259 g/mol. The molecule has 1 rings (SSSR count). The number of halogens is 1. The lowest BCUT2D eigenvalue weighted by Gasteiger charge is -2.09. The van der Waals surface area contributed by atoms with E-state index < -0.39 is 0 Å². The van der Waals surface area contributed by atoms with Crippen molar-refractivity contribution in [3.05, 3.63) is 11.3 Å². The summed E-state index contributed by atoms with van der Waals surface area (Å²) in [4.78, 5) is 7.81. The van der Waals surface area contributed by atoms with E-state index in [-0.39, 0.29) is 0 Å². The molecule has 0 amide bonds. The zero-order valence-corrected chi connectivity index (χ0v) is 11.0. The largest absolute Gasteiger partial charge is 0.382 e. The van der Waals surface area contributed by atoms with Crippen LogP contribution in [0, 0.1) is 0 Å². The van der Waals surface area contributed by atoms with Gasteiger partial charge in [0.05, 0.1) is 6.10 Å². The van der Waals surface area contributed by atoms with Crippen molar-refractivity contribution < 1.29 is 4.74 Å². The van der Waals surface area contributed by atoms with Crippen LogP contribution in [0.1, 0.15) is 26.7 Å². The maximum Gasteiger partial charge on any atom is 0.150 e. The van der Waals surface area contributed by atoms with Crippen LogP contribution in [0.15, 0.2) is 6.33 Å². The Bertz CT molecular complexity index is 346. The smallest absolute Gasteiger partial charge is 0.150 e. The number of unbranched alkanes of at least 4 members (excludes halogenated alkanes) is 1. The molecule has 0 saturated carbocycles. The van der Waals surface area contributed by atoms with Gasteiger partial charge in [-0.15, -0.1) is 0 Å². The van der Waals surface area contributed by atoms with Crippen molar-refractivity contribution in [1.82, 2.24) is 9.97 Å². The number of hydrogen-bond acceptors (Lipinski definition) is 5. The summed E-state index contributed by atoms with van der Waals surface area (Å²) in [6.07, 6.45) is 3.68. The molecule has 5 nitrogen and oxygen atoms in total. The van der Waals surface area contributed by atoms with Crippen LogP contribution in [-0.4, -0.2) is 29.2 Å². The normalized spacial score (nSPS) is 10.8. The Balaban J connectivity index is 2.20. The molecule has 0 fully saturated rings. The van der Waals surface area contributed by atoms with Crippen LogP contribution in [-0.2, 0) is 4.74 Å². The number of hydrogen-bond donors (Lipinski definition) is 2. The molecule has 17 heavy (non-hydrogen) atoms. The number of aromatic nitrogens is 2. The van der Waals surface area contributed by atoms with E-state index in [1.807, 2.05) is 13.8 Å². The van der Waals surface area contributed by atoms with Crippen LogP contribution < -0.4 is 11.1 Å². The summed E-state index contributed by atoms with van der Waals surface area (Å²) in [5.41, 5.74) is 5.56. The number of rotatable bonds is 7. The quantitative estimate of drug-likeness (QED) is 0.735. The van der Waals surface area contributed by atoms with Crippen molar-refractivity contribution >= 4 is 23.2 Å². The van der Waals surface area contributed by atoms with Crippen molar-refractivity contribution in [1.29, 1.82) is 0 Å². The van der Waals surface area contributed by atoms with Gasteiger partial charge in [-0.3, -0.25) is 0 Å². The molecule has 1 heterocycles. The lowest BCUT2D eigenvalue weighted by Crippen LogP contribution is -2.08. The topological polar surface area (TPSA) is 73.1 Å². The number of ether oxygens (including phenoxy) is 1. The Kier molecular flexibility index (Phi) is 6.00. The molecule has 0 bridgehead atoms. The van der Waals surface area contributed by atoms with Crippen molar-refractivity contribution in [2.45, 2.75) is 32.8 Å². The maximum absolute atomic E-state index is 5.94. The van der Waals surface area contributed by atoms with Crippen molar-refractivity contribution in [3.8, 4) is 0 Å². The third-order valence-corrected chi connectivity index (χ3v) is 2.50. The molecule has 3 N–H and O–H groups in total. The van der Waals surface area contributed by atoms with E-state index in [1.54, 1.807) is 0 Å². The maximum atomic E-state index is 5.94. The number of nitrogens with zero attached hydrogens (tertiary/aromatic N) is 2. The molecule has 6 heteroatoms. The number of anilines is 2. The van der Waals surface area contributed by atoms with Gasteiger partial charge in [0.1, 0.15) is 23.0 Å². The van der Waals surface area contributed by atoms with Gasteiger partial charge in [0.25, 0.3) is 0 Å². The van der Waals surface area contributed by atoms with Crippen LogP contribution in [0.4, 0.5) is 11.6 Å². The van der Waals surface area contributed by atoms with Crippen molar-refractivity contribution in [3.63, 3.8) is 0 Å². The minimum Gasteiger partial charge on any atom is -0.382 e. The number of nitrogens with two attached hydrogens (primary N) is 1. The monoisotopic (exact) mass is 258 g/mol. The summed E-state index contributed by atoms with van der Waals surface area (Å²) in [5, 5.41) is 3.50. The molecule has 0 atom stereocenters. The highest BCUT2D eigenvalue weighted by atomic mass is 35.5. The molecular weight excluding hydrogens is 240 g/mol. The Morgan fingerprint density at radius 3 is 2.88 bits per heavy atom. The summed E-state index contributed by atoms with van der Waals surface area (Å²) >= 11 is 5.94. The molecule has 0 aliphatic carbocycles. The lowest BCUT2D eigenvalue weighted by atomic mass is 10.3. The Morgan fingerprint density at radius 2 is 2.18 bits per heavy atom. The van der Waals surface area contributed by atoms with Gasteiger partial charge < -0.3 is 15.8 Å². The van der Waals surface area contributed by atoms with Gasteiger partial charge in [-0.2, -0.15) is 0 Å². The van der Waals surface area contributed by atoms with E-state index in [9.17, 15) is 0 Å². The van der Waals surface area contributed by atoms with E-state index >= 15 is 0 Å². The third kappa shape index (κ3) is 5.19. The molecule has 96 valence electrons. The first-order chi connectivity index (χ1) is 8.11. The van der Waals surface area contributed by atoms with Crippen LogP contribution in [0.5, 0.6) is 0 Å². The first-order valence-electron chi connectivity index (χ1n) is 5.72. The van der Waals surface area contributed by atoms with Crippen molar-refractivity contribution in [2.24, 2.45) is 0 Å². The molecule has 1 aromatic rings. The van der Waals surface area contributed by atoms with Crippen LogP contribution in [0.2, 0.25) is 5.02 Å². The first-order valence-corrected chi connectivity index (χ1v) is 6.10. The SMILES string of the molecule is CC(C)OCCCCNc1ncnc(N)c1Cl. The second-order valence-corrected chi connectivity index (χ2v) is 4.35. The minimum atomic E-state index is 0.291. The molecule has 0 aliphatic rings. The fraction of sp³-hybridized carbons (Fsp3) is 0.636. The summed E-state index contributed by atoms with van der Waals surface area (Å²) in [6, 6.07) is 0. The van der Waals surface area contributed by atoms with Gasteiger partial charge in [-0.05, 0) is 26.7 Å². The van der Waals surface area contributed by atoms with Crippen LogP contribution in [0.25, 0.3) is 0 Å². The van der Waals surface area contributed by atoms with Gasteiger partial charge in [0, 0.05) is 13.2 Å². The average Bonchev–Trinajstić information content (AvgIpc) is 2.28. The predicted octanol–water partition coefficient (Wildman–Crippen LogP) is 2.33. The Hall–Kier alpha value is -1.07. The standard InChI is InChI=1S/C11H19ClN4O/c1-8(2)17-6-4-3-5-14-11-9(12)10(13)15-7-16-11/h7-8H,3-6H2,1-2H3,(H3,13,14,15,16). The highest BCUT2D eigenvalue weighted by Crippen LogP contribution is 2.22. The van der Waals surface area contributed by atoms with Crippen LogP contribution in [0.3, 0.4) is 0 Å². The van der Waals surface area contributed by atoms with Gasteiger partial charge in [0.15, 0.2) is 0 Å². The summed E-state index contributed by atoms with van der Waals surface area (Å²) in [5.74, 6) is 0.885. The highest BCUT2D eigenvalue weighted by molar-refractivity contribution is 6.35. The molecular formula is C11H19ClN4O. The second-order valence-electron chi connectivity index (χ2n) is 3.97. The van der Waals surface area contributed by atoms with E-state index in [0.29, 0.717) is 22.8 Å². The third-order valence-electron chi connectivity index (χ3n) is 2.13. The highest BCUT2D eigenvalue weighted by Gasteiger charge is 2.04. The number of nitrogen functional groups attached to an aromatic ring is 1. The molecule has 1 aromatic heterocycles. The van der Waals surface area contributed by atoms with Gasteiger partial charge in [-0.25, -0.2) is 9.97 Å². The molecule has 0 spiro atoms. The fourth-order valence-corrected chi connectivity index (χ4v) is 1.42. The van der Waals surface area contributed by atoms with Gasteiger partial charge in [-0.1, -0.05) is 11.6 Å². The Labute approximate surface area is 107 Å². The van der Waals surface area contributed by atoms with Gasteiger partial charge >= 0.3 is 0 Å². The molecule has 0 saturated heterocycles. The lowest BCUT2D eigenvalue weighted by molar-refractivity contribution is 0.0765. The molecule has 0 radical (unpaired) electrons. The predicted molar refractivity (Wildman–Crippen MR) is 70.3 cm³/mol. The first kappa shape index (κ1) is 14.0. The van der Waals surface area contributed by atoms with E-state index in [4.69, 9.17) is 22.1 Å². The number of nitrogens with one attached hydrogen (secondary N) is 1. The Morgan fingerprint density at radius 1 is 1.41 bits per heavy atom. The summed E-state index contributed by atoms with van der Waals surface area (Å²) in [6.45, 7) is 5.62. The minimum absolute atomic E-state index is 0.291. The zero-order valence-electron chi connectivity index (χ0n) is 10.2. The van der Waals surface area contributed by atoms with E-state index in [1.165, 1.54) is 6.33 Å². The molecule has 0 unspecified atom stereocenters. The second kappa shape index (κ2) is 7.29. The summed E-state index contributed by atoms with van der Waals surface area (Å²) in [7, 11) is 0. The fourth-order valence-electron chi connectivity index (χ4n) is 1.26. The van der Waals surface area contributed by atoms with E-state index in [0.717, 1.165) is 26.0 Å². The van der Waals surface area contributed by atoms with E-state index in [2.05, 4.69) is 15.3 Å². The summed E-state index contributed by atoms with van der Waals surface area (Å²) < 4.78 is 5.44. The van der Waals surface area contributed by atoms with Crippen molar-refractivity contribution in [2.75, 3.05) is 24.2 Å². The van der Waals surface area contributed by atoms with Gasteiger partial charge in [0.2, 0.25) is 0 Å². The molecule has 0 aliphatic heterocycles. The van der Waals surface area contributed by atoms with Crippen LogP contribution >= 0.6 is 11.6 Å². The molecule has 0 aromatic carbocycles. The zero-order chi connectivity index (χ0) is 12.7.